The van der Waals surface area contributed by atoms with Crippen LogP contribution in [0.4, 0.5) is 64.3 Å². The van der Waals surface area contributed by atoms with Gasteiger partial charge in [-0.2, -0.15) is 0 Å². The van der Waals surface area contributed by atoms with Crippen LogP contribution in [0.25, 0.3) is 21.5 Å². The van der Waals surface area contributed by atoms with Gasteiger partial charge in [-0.25, -0.2) is 72.7 Å². The number of amidine groups is 2. The Kier molecular flexibility index (Phi) is 4.87. The van der Waals surface area contributed by atoms with Gasteiger partial charge in [-0.3, -0.25) is 0 Å². The first-order valence-electron chi connectivity index (χ1n) is 12.0. The van der Waals surface area contributed by atoms with Gasteiger partial charge in [0.25, 0.3) is 0 Å². The van der Waals surface area contributed by atoms with E-state index < -0.39 is 144 Å². The fourth-order valence-corrected chi connectivity index (χ4v) is 5.77. The van der Waals surface area contributed by atoms with E-state index in [0.29, 0.717) is 0 Å². The van der Waals surface area contributed by atoms with E-state index in [1.807, 2.05) is 0 Å². The molecule has 5 heterocycles. The van der Waals surface area contributed by atoms with E-state index in [2.05, 4.69) is 20.0 Å². The lowest BCUT2D eigenvalue weighted by molar-refractivity contribution is 0.407. The molecule has 0 atom stereocenters. The van der Waals surface area contributed by atoms with Gasteiger partial charge in [-0.15, -0.1) is 0 Å². The summed E-state index contributed by atoms with van der Waals surface area (Å²) in [6.07, 6.45) is 0. The zero-order valence-corrected chi connectivity index (χ0v) is 20.8. The van der Waals surface area contributed by atoms with Crippen LogP contribution in [-0.2, 0) is 0 Å². The van der Waals surface area contributed by atoms with Crippen molar-refractivity contribution in [3.63, 3.8) is 0 Å². The van der Waals surface area contributed by atoms with E-state index in [1.165, 1.54) is 0 Å². The maximum Gasteiger partial charge on any atom is 0.386 e. The minimum Gasteiger partial charge on any atom is -0.333 e. The first-order valence-corrected chi connectivity index (χ1v) is 12.0. The van der Waals surface area contributed by atoms with E-state index in [0.717, 1.165) is 15.8 Å². The fraction of sp³-hybridized carbons (Fsp3) is 0.0400. The second-order valence-corrected chi connectivity index (χ2v) is 9.78. The Morgan fingerprint density at radius 3 is 1.23 bits per heavy atom. The average Bonchev–Trinajstić information content (AvgIpc) is 3.63. The zero-order chi connectivity index (χ0) is 31.4. The summed E-state index contributed by atoms with van der Waals surface area (Å²) in [5, 5.41) is -4.61. The van der Waals surface area contributed by atoms with Crippen molar-refractivity contribution in [2.75, 3.05) is 0 Å². The van der Waals surface area contributed by atoms with Gasteiger partial charge in [0.05, 0.1) is 32.7 Å². The molecule has 0 saturated heterocycles. The van der Waals surface area contributed by atoms with E-state index in [4.69, 9.17) is 0 Å². The second-order valence-electron chi connectivity index (χ2n) is 9.78. The first kappa shape index (κ1) is 26.5. The van der Waals surface area contributed by atoms with Gasteiger partial charge < -0.3 is 8.96 Å². The topological polar surface area (TPSA) is 59.3 Å². The molecule has 0 amide bonds. The summed E-state index contributed by atoms with van der Waals surface area (Å²) >= 11 is 0. The predicted octanol–water partition coefficient (Wildman–Crippen LogP) is 5.52. The quantitative estimate of drug-likeness (QED) is 0.0943. The molecule has 0 N–H and O–H groups in total. The Labute approximate surface area is 232 Å². The van der Waals surface area contributed by atoms with Crippen molar-refractivity contribution in [1.82, 2.24) is 8.96 Å². The number of aliphatic imine (C=N–C) groups is 2. The number of nitrogens with zero attached hydrogens (tertiary/aromatic N) is 6. The number of aromatic nitrogens is 2. The predicted molar refractivity (Wildman–Crippen MR) is 127 cm³/mol. The maximum absolute atomic E-state index is 15.3. The first-order chi connectivity index (χ1) is 20.8. The minimum atomic E-state index is -2.36. The van der Waals surface area contributed by atoms with Crippen LogP contribution >= 0.6 is 0 Å². The van der Waals surface area contributed by atoms with Crippen molar-refractivity contribution >= 4 is 51.8 Å². The molecule has 0 aliphatic carbocycles. The van der Waals surface area contributed by atoms with Crippen LogP contribution in [0.5, 0.6) is 0 Å². The summed E-state index contributed by atoms with van der Waals surface area (Å²) in [4.78, 5) is 15.4. The summed E-state index contributed by atoms with van der Waals surface area (Å²) in [6.45, 7) is -0.429. The Balaban J connectivity index is 1.74. The summed E-state index contributed by atoms with van der Waals surface area (Å²) in [6, 6.07) is 0. The summed E-state index contributed by atoms with van der Waals surface area (Å²) in [7, 11) is 0. The smallest absolute Gasteiger partial charge is 0.333 e. The van der Waals surface area contributed by atoms with Gasteiger partial charge in [-0.1, -0.05) is 0 Å². The molecule has 0 radical (unpaired) electrons. The minimum absolute atomic E-state index is 0.725. The van der Waals surface area contributed by atoms with Crippen molar-refractivity contribution in [2.45, 2.75) is 6.82 Å². The van der Waals surface area contributed by atoms with Crippen LogP contribution in [0.3, 0.4) is 0 Å². The highest BCUT2D eigenvalue weighted by atomic mass is 19.2. The molecule has 0 fully saturated rings. The molecule has 5 aromatic rings. The molecular formula is C25H3BF12N6. The number of fused-ring (bicyclic) bond motifs is 10. The number of benzene rings is 3. The standard InChI is InChI=1S/C25H3BF12N6/c1-26-43-22-4-6(12(31)18(37)16(35)10(4)29)24(43)42-25-7-5(11(30)17(36)19(38)13(7)32)23(44(25)26)41-21-3-2(20(39-21)40-22)8(27)14(33)15(34)9(3)28/h1H3/b40-20-,40-22?,41-21?,41-23-. The Morgan fingerprint density at radius 1 is 0.386 bits per heavy atom. The number of halogens is 12. The number of hydrogen-bond donors (Lipinski definition) is 0. The van der Waals surface area contributed by atoms with Crippen molar-refractivity contribution < 1.29 is 52.7 Å². The Morgan fingerprint density at radius 2 is 0.750 bits per heavy atom. The molecule has 19 heteroatoms. The maximum atomic E-state index is 15.3. The van der Waals surface area contributed by atoms with Gasteiger partial charge in [0.15, 0.2) is 81.5 Å². The average molecular weight is 626 g/mol. The second kappa shape index (κ2) is 8.09. The van der Waals surface area contributed by atoms with Crippen molar-refractivity contribution in [2.24, 2.45) is 20.0 Å². The highest BCUT2D eigenvalue weighted by molar-refractivity contribution is 6.56. The van der Waals surface area contributed by atoms with Gasteiger partial charge in [0.1, 0.15) is 22.6 Å². The largest absolute Gasteiger partial charge is 0.386 e. The fourth-order valence-electron chi connectivity index (χ4n) is 5.77. The van der Waals surface area contributed by atoms with Gasteiger partial charge in [0, 0.05) is 0 Å². The molecule has 3 aromatic carbocycles. The molecule has 6 nitrogen and oxygen atoms in total. The Bertz CT molecular complexity index is 2500. The molecule has 0 unspecified atom stereocenters. The summed E-state index contributed by atoms with van der Waals surface area (Å²) in [5.74, 6) is -30.4. The highest BCUT2D eigenvalue weighted by Crippen LogP contribution is 2.45. The lowest BCUT2D eigenvalue weighted by Gasteiger charge is -2.20. The SMILES string of the molecule is CB1n2c3c4c(F)c(F)c(F)c(F)c4c2/N=C2N=C(/N=c4/c5c(F)c(F)c(F)c(F)c5c(n41)=N3)c1c(F)c(F)c(F)c(F)c1\2. The van der Waals surface area contributed by atoms with E-state index >= 15 is 26.3 Å². The number of rotatable bonds is 0. The van der Waals surface area contributed by atoms with Crippen LogP contribution in [0.2, 0.25) is 6.82 Å². The third-order valence-corrected chi connectivity index (χ3v) is 7.65. The number of hydrogen-bond acceptors (Lipinski definition) is 4. The Hall–Kier alpha value is -5.10. The van der Waals surface area contributed by atoms with Crippen LogP contribution in [0.1, 0.15) is 11.1 Å². The van der Waals surface area contributed by atoms with Crippen LogP contribution in [-0.4, -0.2) is 27.6 Å². The molecule has 3 aliphatic rings. The van der Waals surface area contributed by atoms with E-state index in [1.54, 1.807) is 0 Å². The van der Waals surface area contributed by atoms with E-state index in [9.17, 15) is 26.3 Å². The van der Waals surface area contributed by atoms with Crippen LogP contribution in [0, 0.1) is 69.8 Å². The molecule has 0 saturated carbocycles. The molecule has 220 valence electrons. The zero-order valence-electron chi connectivity index (χ0n) is 20.8. The van der Waals surface area contributed by atoms with Crippen molar-refractivity contribution in [3.8, 4) is 0 Å². The third kappa shape index (κ3) is 2.78. The van der Waals surface area contributed by atoms with Gasteiger partial charge >= 0.3 is 6.98 Å². The molecule has 3 aliphatic heterocycles. The molecule has 8 rings (SSSR count). The molecule has 0 spiro atoms. The van der Waals surface area contributed by atoms with Gasteiger partial charge in [-0.05, 0) is 6.82 Å². The lowest BCUT2D eigenvalue weighted by Crippen LogP contribution is -2.46. The van der Waals surface area contributed by atoms with Crippen LogP contribution < -0.4 is 11.0 Å². The molecule has 4 bridgehead atoms. The molecular weight excluding hydrogens is 623 g/mol. The lowest BCUT2D eigenvalue weighted by atomic mass is 9.78. The van der Waals surface area contributed by atoms with Crippen molar-refractivity contribution in [3.05, 3.63) is 91.9 Å². The van der Waals surface area contributed by atoms with E-state index in [-0.39, 0.29) is 0 Å². The summed E-state index contributed by atoms with van der Waals surface area (Å²) in [5.41, 5.74) is -4.23. The highest BCUT2D eigenvalue weighted by Gasteiger charge is 2.41. The third-order valence-electron chi connectivity index (χ3n) is 7.65. The van der Waals surface area contributed by atoms with Crippen molar-refractivity contribution in [1.29, 1.82) is 0 Å². The van der Waals surface area contributed by atoms with Gasteiger partial charge in [0.2, 0.25) is 0 Å². The molecule has 2 aromatic heterocycles. The summed E-state index contributed by atoms with van der Waals surface area (Å²) < 4.78 is 180. The monoisotopic (exact) mass is 626 g/mol. The van der Waals surface area contributed by atoms with Crippen LogP contribution in [0.15, 0.2) is 20.0 Å². The molecule has 44 heavy (non-hydrogen) atoms. The normalized spacial score (nSPS) is 16.6.